The van der Waals surface area contributed by atoms with Crippen LogP contribution < -0.4 is 0 Å². The summed E-state index contributed by atoms with van der Waals surface area (Å²) in [6.45, 7) is 3.45. The van der Waals surface area contributed by atoms with Gasteiger partial charge in [-0.05, 0) is 41.4 Å². The van der Waals surface area contributed by atoms with Gasteiger partial charge in [-0.15, -0.1) is 0 Å². The summed E-state index contributed by atoms with van der Waals surface area (Å²) in [5.74, 6) is -0.540. The molecule has 1 aliphatic heterocycles. The van der Waals surface area contributed by atoms with E-state index in [1.54, 1.807) is 17.0 Å². The first kappa shape index (κ1) is 25.6. The van der Waals surface area contributed by atoms with Crippen molar-refractivity contribution < 1.29 is 24.0 Å². The van der Waals surface area contributed by atoms with Crippen LogP contribution in [-0.2, 0) is 26.5 Å². The lowest BCUT2D eigenvalue weighted by Gasteiger charge is -2.40. The van der Waals surface area contributed by atoms with Gasteiger partial charge in [-0.1, -0.05) is 61.7 Å². The number of halogens is 1. The third-order valence-electron chi connectivity index (χ3n) is 5.88. The number of benzene rings is 2. The molecule has 1 N–H and O–H groups in total. The van der Waals surface area contributed by atoms with Crippen molar-refractivity contribution in [1.82, 2.24) is 4.90 Å². The number of carboxylic acid groups (broad SMARTS) is 1. The highest BCUT2D eigenvalue weighted by Crippen LogP contribution is 2.30. The number of hydrogen-bond donors (Lipinski definition) is 1. The third-order valence-corrected chi connectivity index (χ3v) is 7.87. The zero-order valence-electron chi connectivity index (χ0n) is 18.7. The molecule has 8 heteroatoms. The van der Waals surface area contributed by atoms with E-state index in [9.17, 15) is 14.1 Å². The number of ether oxygens (including phenoxy) is 1. The molecule has 0 aliphatic carbocycles. The topological polar surface area (TPSA) is 89.9 Å². The molecule has 0 spiro atoms. The summed E-state index contributed by atoms with van der Waals surface area (Å²) in [7, 11) is 0. The molecule has 2 aromatic carbocycles. The average molecular weight is 492 g/mol. The van der Waals surface area contributed by atoms with Gasteiger partial charge < -0.3 is 14.4 Å². The number of carbonyl (C=O) groups excluding carboxylic acids is 1. The second-order valence-corrected chi connectivity index (χ2v) is 10.2. The zero-order chi connectivity index (χ0) is 23.8. The van der Waals surface area contributed by atoms with Crippen LogP contribution in [0.5, 0.6) is 0 Å². The van der Waals surface area contributed by atoms with Gasteiger partial charge in [0.1, 0.15) is 5.75 Å². The highest BCUT2D eigenvalue weighted by Gasteiger charge is 2.44. The van der Waals surface area contributed by atoms with Crippen LogP contribution in [0.25, 0.3) is 0 Å². The van der Waals surface area contributed by atoms with Crippen molar-refractivity contribution >= 4 is 34.7 Å². The van der Waals surface area contributed by atoms with Gasteiger partial charge in [0.2, 0.25) is 5.91 Å². The van der Waals surface area contributed by atoms with Crippen LogP contribution in [0.3, 0.4) is 0 Å². The van der Waals surface area contributed by atoms with Crippen LogP contribution in [0, 0.1) is 0 Å². The van der Waals surface area contributed by atoms with Crippen LogP contribution in [0.4, 0.5) is 0 Å². The highest BCUT2D eigenvalue weighted by atomic mass is 35.5. The van der Waals surface area contributed by atoms with Crippen molar-refractivity contribution in [2.45, 2.75) is 49.7 Å². The molecule has 0 saturated carbocycles. The van der Waals surface area contributed by atoms with Crippen molar-refractivity contribution in [2.75, 3.05) is 19.8 Å². The highest BCUT2D eigenvalue weighted by molar-refractivity contribution is 7.91. The lowest BCUT2D eigenvalue weighted by atomic mass is 9.94. The molecule has 0 bridgehead atoms. The number of hydrogen-bond acceptors (Lipinski definition) is 4. The SMILES string of the molecule is CCCCC(COCCN1C(=O)CC1[S+]([O-])Cc1ccc(C(=O)O)cc1)c1ccccc1Cl. The summed E-state index contributed by atoms with van der Waals surface area (Å²) in [5, 5.41) is 9.40. The molecule has 6 nitrogen and oxygen atoms in total. The van der Waals surface area contributed by atoms with Crippen LogP contribution in [0.2, 0.25) is 5.02 Å². The van der Waals surface area contributed by atoms with Crippen LogP contribution in [0.15, 0.2) is 48.5 Å². The van der Waals surface area contributed by atoms with Gasteiger partial charge in [0.25, 0.3) is 0 Å². The Morgan fingerprint density at radius 3 is 2.64 bits per heavy atom. The summed E-state index contributed by atoms with van der Waals surface area (Å²) in [4.78, 5) is 24.7. The van der Waals surface area contributed by atoms with E-state index < -0.39 is 17.1 Å². The second kappa shape index (κ2) is 12.4. The Labute approximate surface area is 203 Å². The molecular formula is C25H30ClNO5S. The fraction of sp³-hybridized carbons (Fsp3) is 0.440. The standard InChI is InChI=1S/C25H30ClNO5S/c1-2-3-6-20(21-7-4-5-8-22(21)26)16-32-14-13-27-23(28)15-24(27)33(31)17-18-9-11-19(12-10-18)25(29)30/h4-5,7-12,20,24H,2-3,6,13-17H2,1H3,(H,29,30). The molecule has 1 amide bonds. The van der Waals surface area contributed by atoms with Gasteiger partial charge in [-0.2, -0.15) is 0 Å². The largest absolute Gasteiger partial charge is 0.614 e. The normalized spacial score (nSPS) is 17.5. The molecule has 1 heterocycles. The van der Waals surface area contributed by atoms with Gasteiger partial charge in [0.15, 0.2) is 5.37 Å². The summed E-state index contributed by atoms with van der Waals surface area (Å²) < 4.78 is 18.7. The first-order valence-electron chi connectivity index (χ1n) is 11.2. The molecule has 3 atom stereocenters. The Morgan fingerprint density at radius 2 is 2.00 bits per heavy atom. The molecule has 0 aromatic heterocycles. The maximum absolute atomic E-state index is 12.8. The van der Waals surface area contributed by atoms with Crippen molar-refractivity contribution in [2.24, 2.45) is 0 Å². The zero-order valence-corrected chi connectivity index (χ0v) is 20.3. The molecule has 0 radical (unpaired) electrons. The number of likely N-dealkylation sites (tertiary alicyclic amines) is 1. The lowest BCUT2D eigenvalue weighted by molar-refractivity contribution is -0.143. The van der Waals surface area contributed by atoms with Gasteiger partial charge in [0, 0.05) is 23.0 Å². The van der Waals surface area contributed by atoms with Crippen LogP contribution in [0.1, 0.15) is 60.0 Å². The van der Waals surface area contributed by atoms with Crippen molar-refractivity contribution in [3.05, 3.63) is 70.2 Å². The maximum atomic E-state index is 12.8. The smallest absolute Gasteiger partial charge is 0.335 e. The Balaban J connectivity index is 1.48. The summed E-state index contributed by atoms with van der Waals surface area (Å²) in [5.41, 5.74) is 2.06. The second-order valence-electron chi connectivity index (χ2n) is 8.21. The maximum Gasteiger partial charge on any atom is 0.335 e. The van der Waals surface area contributed by atoms with E-state index in [4.69, 9.17) is 21.4 Å². The lowest BCUT2D eigenvalue weighted by Crippen LogP contribution is -2.57. The number of rotatable bonds is 13. The first-order chi connectivity index (χ1) is 15.9. The number of carboxylic acids is 1. The molecule has 3 rings (SSSR count). The monoisotopic (exact) mass is 491 g/mol. The quantitative estimate of drug-likeness (QED) is 0.246. The van der Waals surface area contributed by atoms with Crippen molar-refractivity contribution in [1.29, 1.82) is 0 Å². The number of aromatic carboxylic acids is 1. The van der Waals surface area contributed by atoms with E-state index in [2.05, 4.69) is 6.92 Å². The van der Waals surface area contributed by atoms with Gasteiger partial charge >= 0.3 is 5.97 Å². The average Bonchev–Trinajstić information content (AvgIpc) is 2.80. The fourth-order valence-electron chi connectivity index (χ4n) is 3.91. The van der Waals surface area contributed by atoms with E-state index in [1.165, 1.54) is 12.1 Å². The number of carbonyl (C=O) groups is 2. The third kappa shape index (κ3) is 6.96. The fourth-order valence-corrected chi connectivity index (χ4v) is 5.75. The van der Waals surface area contributed by atoms with E-state index in [-0.39, 0.29) is 34.9 Å². The first-order valence-corrected chi connectivity index (χ1v) is 13.0. The molecule has 3 unspecified atom stereocenters. The van der Waals surface area contributed by atoms with Crippen LogP contribution in [-0.4, -0.2) is 51.6 Å². The van der Waals surface area contributed by atoms with Crippen LogP contribution >= 0.6 is 11.6 Å². The molecule has 1 fully saturated rings. The molecule has 2 aromatic rings. The molecule has 1 saturated heterocycles. The molecular weight excluding hydrogens is 462 g/mol. The van der Waals surface area contributed by atoms with Crippen molar-refractivity contribution in [3.63, 3.8) is 0 Å². The van der Waals surface area contributed by atoms with Gasteiger partial charge in [-0.25, -0.2) is 4.79 Å². The minimum atomic E-state index is -1.26. The predicted molar refractivity (Wildman–Crippen MR) is 130 cm³/mol. The predicted octanol–water partition coefficient (Wildman–Crippen LogP) is 4.84. The van der Waals surface area contributed by atoms with Crippen molar-refractivity contribution in [3.8, 4) is 0 Å². The number of unbranched alkanes of at least 4 members (excludes halogenated alkanes) is 1. The number of nitrogens with zero attached hydrogens (tertiary/aromatic N) is 1. The van der Waals surface area contributed by atoms with Gasteiger partial charge in [-0.3, -0.25) is 9.69 Å². The summed E-state index contributed by atoms with van der Waals surface area (Å²) in [6, 6.07) is 14.2. The Bertz CT molecular complexity index is 939. The Morgan fingerprint density at radius 1 is 1.27 bits per heavy atom. The van der Waals surface area contributed by atoms with E-state index in [0.717, 1.165) is 35.4 Å². The van der Waals surface area contributed by atoms with E-state index >= 15 is 0 Å². The minimum absolute atomic E-state index is 0.0215. The summed E-state index contributed by atoms with van der Waals surface area (Å²) in [6.07, 6.45) is 3.42. The molecule has 178 valence electrons. The molecule has 1 aliphatic rings. The molecule has 33 heavy (non-hydrogen) atoms. The Kier molecular flexibility index (Phi) is 9.62. The summed E-state index contributed by atoms with van der Waals surface area (Å²) >= 11 is 5.12. The minimum Gasteiger partial charge on any atom is -0.614 e. The number of β-lactam (4-membered cyclic amide) rings is 1. The number of amides is 1. The van der Waals surface area contributed by atoms with E-state index in [0.29, 0.717) is 19.8 Å². The van der Waals surface area contributed by atoms with Gasteiger partial charge in [0.05, 0.1) is 25.2 Å². The van der Waals surface area contributed by atoms with E-state index in [1.807, 2.05) is 24.3 Å². The Hall–Kier alpha value is -2.06.